The molecule has 31 heavy (non-hydrogen) atoms. The number of nitrogens with zero attached hydrogens (tertiary/aromatic N) is 1. The van der Waals surface area contributed by atoms with Gasteiger partial charge in [0.15, 0.2) is 11.5 Å². The number of fused-ring (bicyclic) bond motifs is 1. The fourth-order valence-electron chi connectivity index (χ4n) is 3.37. The van der Waals surface area contributed by atoms with Crippen molar-refractivity contribution in [3.8, 4) is 11.5 Å². The van der Waals surface area contributed by atoms with Crippen LogP contribution < -0.4 is 14.8 Å². The first-order valence-electron chi connectivity index (χ1n) is 9.82. The molecular weight excluding hydrogens is 392 g/mol. The largest absolute Gasteiger partial charge is 0.496 e. The highest BCUT2D eigenvalue weighted by molar-refractivity contribution is 6.09. The Morgan fingerprint density at radius 1 is 1.06 bits per heavy atom. The molecule has 0 aromatic heterocycles. The number of carbonyl (C=O) groups is 2. The molecule has 1 heterocycles. The van der Waals surface area contributed by atoms with E-state index in [0.29, 0.717) is 29.3 Å². The van der Waals surface area contributed by atoms with Crippen LogP contribution in [0.1, 0.15) is 21.5 Å². The van der Waals surface area contributed by atoms with Gasteiger partial charge in [-0.25, -0.2) is 0 Å². The van der Waals surface area contributed by atoms with Crippen LogP contribution in [0.15, 0.2) is 78.6 Å². The fraction of sp³-hybridized carbons (Fsp3) is 0.120. The number of hydrogen-bond donors (Lipinski definition) is 1. The molecule has 2 amide bonds. The van der Waals surface area contributed by atoms with Crippen molar-refractivity contribution in [2.75, 3.05) is 19.5 Å². The average Bonchev–Trinajstić information content (AvgIpc) is 2.79. The Morgan fingerprint density at radius 2 is 1.81 bits per heavy atom. The number of amides is 2. The van der Waals surface area contributed by atoms with Crippen LogP contribution >= 0.6 is 0 Å². The molecule has 0 spiro atoms. The van der Waals surface area contributed by atoms with Crippen LogP contribution in [-0.2, 0) is 11.3 Å². The number of methoxy groups -OCH3 is 1. The normalized spacial score (nSPS) is 13.7. The molecule has 0 saturated heterocycles. The highest BCUT2D eigenvalue weighted by Gasteiger charge is 2.24. The Kier molecular flexibility index (Phi) is 5.71. The van der Waals surface area contributed by atoms with Crippen molar-refractivity contribution in [2.24, 2.45) is 0 Å². The van der Waals surface area contributed by atoms with E-state index in [2.05, 4.69) is 5.32 Å². The fourth-order valence-corrected chi connectivity index (χ4v) is 3.37. The third-order valence-electron chi connectivity index (χ3n) is 4.95. The SMILES string of the molecule is COc1ccccc1/C=C1\Oc2ccc(C(=O)N(C)Cc3ccccc3)cc2NC1=O. The summed E-state index contributed by atoms with van der Waals surface area (Å²) in [5, 5.41) is 2.81. The summed E-state index contributed by atoms with van der Waals surface area (Å²) in [6, 6.07) is 22.1. The van der Waals surface area contributed by atoms with E-state index >= 15 is 0 Å². The molecule has 156 valence electrons. The molecule has 1 aliphatic heterocycles. The molecule has 0 fully saturated rings. The lowest BCUT2D eigenvalue weighted by molar-refractivity contribution is -0.115. The number of hydrogen-bond acceptors (Lipinski definition) is 4. The summed E-state index contributed by atoms with van der Waals surface area (Å²) in [7, 11) is 3.32. The zero-order chi connectivity index (χ0) is 21.8. The lowest BCUT2D eigenvalue weighted by Gasteiger charge is -2.22. The van der Waals surface area contributed by atoms with Gasteiger partial charge in [0.25, 0.3) is 11.8 Å². The molecule has 0 saturated carbocycles. The van der Waals surface area contributed by atoms with Gasteiger partial charge in [0.1, 0.15) is 5.75 Å². The summed E-state index contributed by atoms with van der Waals surface area (Å²) in [5.74, 6) is 0.733. The van der Waals surface area contributed by atoms with Crippen molar-refractivity contribution >= 4 is 23.6 Å². The molecule has 0 radical (unpaired) electrons. The van der Waals surface area contributed by atoms with E-state index in [4.69, 9.17) is 9.47 Å². The minimum atomic E-state index is -0.388. The van der Waals surface area contributed by atoms with E-state index < -0.39 is 0 Å². The van der Waals surface area contributed by atoms with Gasteiger partial charge in [-0.15, -0.1) is 0 Å². The monoisotopic (exact) mass is 414 g/mol. The first-order valence-corrected chi connectivity index (χ1v) is 9.82. The third-order valence-corrected chi connectivity index (χ3v) is 4.95. The summed E-state index contributed by atoms with van der Waals surface area (Å²) in [6.07, 6.45) is 1.63. The number of carbonyl (C=O) groups excluding carboxylic acids is 2. The van der Waals surface area contributed by atoms with E-state index in [1.165, 1.54) is 0 Å². The highest BCUT2D eigenvalue weighted by Crippen LogP contribution is 2.33. The molecule has 4 rings (SSSR count). The smallest absolute Gasteiger partial charge is 0.291 e. The van der Waals surface area contributed by atoms with Gasteiger partial charge in [0, 0.05) is 24.7 Å². The van der Waals surface area contributed by atoms with Crippen molar-refractivity contribution in [3.63, 3.8) is 0 Å². The first-order chi connectivity index (χ1) is 15.0. The van der Waals surface area contributed by atoms with Gasteiger partial charge in [0.2, 0.25) is 0 Å². The zero-order valence-corrected chi connectivity index (χ0v) is 17.3. The Morgan fingerprint density at radius 3 is 2.58 bits per heavy atom. The summed E-state index contributed by atoms with van der Waals surface area (Å²) >= 11 is 0. The van der Waals surface area contributed by atoms with Gasteiger partial charge < -0.3 is 19.7 Å². The second-order valence-corrected chi connectivity index (χ2v) is 7.16. The lowest BCUT2D eigenvalue weighted by atomic mass is 10.1. The molecule has 6 heteroatoms. The van der Waals surface area contributed by atoms with Gasteiger partial charge in [0.05, 0.1) is 12.8 Å². The number of ether oxygens (including phenoxy) is 2. The summed E-state index contributed by atoms with van der Waals surface area (Å²) in [5.41, 5.74) is 2.70. The molecule has 1 N–H and O–H groups in total. The first kappa shape index (κ1) is 20.2. The van der Waals surface area contributed by atoms with Crippen LogP contribution in [0.4, 0.5) is 5.69 Å². The minimum absolute atomic E-state index is 0.142. The van der Waals surface area contributed by atoms with E-state index in [9.17, 15) is 9.59 Å². The Bertz CT molecular complexity index is 1160. The number of anilines is 1. The number of nitrogens with one attached hydrogen (secondary N) is 1. The van der Waals surface area contributed by atoms with Gasteiger partial charge in [-0.05, 0) is 35.9 Å². The van der Waals surface area contributed by atoms with Crippen molar-refractivity contribution < 1.29 is 19.1 Å². The van der Waals surface area contributed by atoms with Crippen LogP contribution in [0, 0.1) is 0 Å². The predicted octanol–water partition coefficient (Wildman–Crippen LogP) is 4.34. The molecular formula is C25H22N2O4. The standard InChI is InChI=1S/C25H22N2O4/c1-27(16-17-8-4-3-5-9-17)25(29)19-12-13-22-20(14-19)26-24(28)23(31-22)15-18-10-6-7-11-21(18)30-2/h3-15H,16H2,1-2H3,(H,26,28)/b23-15-. The van der Waals surface area contributed by atoms with Crippen molar-refractivity contribution in [2.45, 2.75) is 6.54 Å². The zero-order valence-electron chi connectivity index (χ0n) is 17.3. The van der Waals surface area contributed by atoms with Gasteiger partial charge >= 0.3 is 0 Å². The van der Waals surface area contributed by atoms with E-state index in [0.717, 1.165) is 11.1 Å². The van der Waals surface area contributed by atoms with E-state index in [1.54, 1.807) is 43.3 Å². The summed E-state index contributed by atoms with van der Waals surface area (Å²) in [4.78, 5) is 27.1. The van der Waals surface area contributed by atoms with Crippen molar-refractivity contribution in [1.82, 2.24) is 4.90 Å². The summed E-state index contributed by atoms with van der Waals surface area (Å²) < 4.78 is 11.1. The second kappa shape index (κ2) is 8.75. The topological polar surface area (TPSA) is 67.9 Å². The molecule has 3 aromatic carbocycles. The second-order valence-electron chi connectivity index (χ2n) is 7.16. The molecule has 0 aliphatic carbocycles. The van der Waals surface area contributed by atoms with E-state index in [1.807, 2.05) is 54.6 Å². The van der Waals surface area contributed by atoms with Crippen molar-refractivity contribution in [1.29, 1.82) is 0 Å². The third kappa shape index (κ3) is 4.43. The lowest BCUT2D eigenvalue weighted by Crippen LogP contribution is -2.27. The molecule has 0 atom stereocenters. The Labute approximate surface area is 180 Å². The molecule has 0 bridgehead atoms. The highest BCUT2D eigenvalue weighted by atomic mass is 16.5. The maximum atomic E-state index is 12.8. The van der Waals surface area contributed by atoms with E-state index in [-0.39, 0.29) is 17.6 Å². The maximum absolute atomic E-state index is 12.8. The number of para-hydroxylation sites is 1. The molecule has 0 unspecified atom stereocenters. The van der Waals surface area contributed by atoms with Crippen LogP contribution in [0.2, 0.25) is 0 Å². The van der Waals surface area contributed by atoms with Crippen LogP contribution in [0.25, 0.3) is 6.08 Å². The van der Waals surface area contributed by atoms with Gasteiger partial charge in [-0.3, -0.25) is 9.59 Å². The Hall–Kier alpha value is -4.06. The quantitative estimate of drug-likeness (QED) is 0.631. The minimum Gasteiger partial charge on any atom is -0.496 e. The predicted molar refractivity (Wildman–Crippen MR) is 119 cm³/mol. The van der Waals surface area contributed by atoms with Crippen LogP contribution in [0.5, 0.6) is 11.5 Å². The van der Waals surface area contributed by atoms with Crippen molar-refractivity contribution in [3.05, 3.63) is 95.2 Å². The van der Waals surface area contributed by atoms with Gasteiger partial charge in [-0.1, -0.05) is 48.5 Å². The van der Waals surface area contributed by atoms with Crippen LogP contribution in [-0.4, -0.2) is 30.9 Å². The van der Waals surface area contributed by atoms with Gasteiger partial charge in [-0.2, -0.15) is 0 Å². The average molecular weight is 414 g/mol. The van der Waals surface area contributed by atoms with Crippen LogP contribution in [0.3, 0.4) is 0 Å². The number of benzene rings is 3. The molecule has 6 nitrogen and oxygen atoms in total. The molecule has 3 aromatic rings. The Balaban J connectivity index is 1.54. The molecule has 1 aliphatic rings. The maximum Gasteiger partial charge on any atom is 0.291 e. The summed E-state index contributed by atoms with van der Waals surface area (Å²) in [6.45, 7) is 0.491. The number of rotatable bonds is 5.